The van der Waals surface area contributed by atoms with Gasteiger partial charge in [-0.1, -0.05) is 18.7 Å². The molecule has 1 aromatic rings. The largest absolute Gasteiger partial charge is 0.504 e. The number of carbonyl (C=O) groups excluding carboxylic acids is 5. The zero-order chi connectivity index (χ0) is 29.8. The highest BCUT2D eigenvalue weighted by molar-refractivity contribution is 7.09. The maximum absolute atomic E-state index is 13.6. The van der Waals surface area contributed by atoms with Crippen LogP contribution in [0.5, 0.6) is 0 Å². The van der Waals surface area contributed by atoms with Gasteiger partial charge in [-0.3, -0.25) is 24.2 Å². The Morgan fingerprint density at radius 1 is 1.32 bits per heavy atom. The fraction of sp³-hybridized carbons (Fsp3) is 0.500. The van der Waals surface area contributed by atoms with E-state index >= 15 is 0 Å². The van der Waals surface area contributed by atoms with Crippen LogP contribution in [0.3, 0.4) is 0 Å². The maximum Gasteiger partial charge on any atom is 0.389 e. The van der Waals surface area contributed by atoms with E-state index in [-0.39, 0.29) is 51.2 Å². The smallest absolute Gasteiger partial charge is 0.389 e. The topological polar surface area (TPSA) is 186 Å². The number of ether oxygens (including phenoxy) is 1. The summed E-state index contributed by atoms with van der Waals surface area (Å²) >= 11 is 1.57. The number of amides is 5. The molecule has 15 heteroatoms. The molecule has 0 saturated carbocycles. The van der Waals surface area contributed by atoms with Crippen molar-refractivity contribution >= 4 is 41.1 Å². The van der Waals surface area contributed by atoms with Gasteiger partial charge < -0.3 is 25.8 Å². The Kier molecular flexibility index (Phi) is 11.6. The second kappa shape index (κ2) is 15.4. The van der Waals surface area contributed by atoms with Crippen molar-refractivity contribution in [2.24, 2.45) is 0 Å². The molecule has 2 aliphatic rings. The van der Waals surface area contributed by atoms with Crippen LogP contribution in [0.4, 0.5) is 4.79 Å². The molecule has 4 N–H and O–H groups in total. The number of nitrogens with zero attached hydrogens (tertiary/aromatic N) is 4. The quantitative estimate of drug-likeness (QED) is 0.123. The first-order valence-corrected chi connectivity index (χ1v) is 14.1. The number of fused-ring (bicyclic) bond motifs is 1. The third-order valence-corrected chi connectivity index (χ3v) is 7.51. The molecule has 1 aromatic heterocycles. The number of diazo groups is 1. The predicted molar refractivity (Wildman–Crippen MR) is 147 cm³/mol. The summed E-state index contributed by atoms with van der Waals surface area (Å²) in [6, 6.07) is -0.0163. The number of hydrogen-bond donors (Lipinski definition) is 4. The fourth-order valence-electron chi connectivity index (χ4n) is 4.57. The van der Waals surface area contributed by atoms with Crippen molar-refractivity contribution < 1.29 is 33.8 Å². The average molecular weight is 589 g/mol. The third kappa shape index (κ3) is 8.77. The van der Waals surface area contributed by atoms with Crippen LogP contribution in [0.2, 0.25) is 0 Å². The van der Waals surface area contributed by atoms with Crippen LogP contribution < -0.4 is 16.0 Å². The number of aliphatic hydroxyl groups is 1. The standard InChI is InChI=1S/C26H33N7O7S/c1-2-14-40-23(36)10-8-18(21(34)16-29-27)30-24(37)20-6-3-13-32-22(35)9-7-19(25(38)33(20)32)31-26(39)28-12-11-17-5-4-15-41-17/h2,4-5,15-16,18-20H,1,3,6-14H2,(H3-,28,30,31,34,37,39)/p+1/b21-16-/t18-,19-,20-/m0/s1. The molecule has 2 aliphatic heterocycles. The summed E-state index contributed by atoms with van der Waals surface area (Å²) in [5.74, 6) is -2.79. The van der Waals surface area contributed by atoms with Crippen LogP contribution in [0.15, 0.2) is 42.1 Å². The molecule has 0 unspecified atom stereocenters. The first kappa shape index (κ1) is 31.1. The Bertz CT molecular complexity index is 1200. The van der Waals surface area contributed by atoms with Gasteiger partial charge in [-0.2, -0.15) is 0 Å². The minimum absolute atomic E-state index is 0.00543. The van der Waals surface area contributed by atoms with E-state index in [9.17, 15) is 29.1 Å². The van der Waals surface area contributed by atoms with Crippen LogP contribution in [-0.2, 0) is 30.3 Å². The summed E-state index contributed by atoms with van der Waals surface area (Å²) in [5.41, 5.74) is 0. The zero-order valence-corrected chi connectivity index (χ0v) is 23.3. The lowest BCUT2D eigenvalue weighted by Crippen LogP contribution is -2.64. The number of nitrogens with one attached hydrogen (secondary N) is 3. The summed E-state index contributed by atoms with van der Waals surface area (Å²) in [6.45, 7) is 4.03. The first-order chi connectivity index (χ1) is 19.7. The normalized spacial score (nSPS) is 19.7. The highest BCUT2D eigenvalue weighted by Gasteiger charge is 2.45. The van der Waals surface area contributed by atoms with Crippen LogP contribution in [0.1, 0.15) is 43.4 Å². The van der Waals surface area contributed by atoms with E-state index in [1.165, 1.54) is 11.1 Å². The molecule has 0 radical (unpaired) electrons. The van der Waals surface area contributed by atoms with Gasteiger partial charge in [0.1, 0.15) is 18.7 Å². The van der Waals surface area contributed by atoms with E-state index in [0.29, 0.717) is 25.6 Å². The molecular formula is C26H34N7O7S+. The molecule has 0 aliphatic carbocycles. The van der Waals surface area contributed by atoms with Gasteiger partial charge in [0, 0.05) is 30.8 Å². The van der Waals surface area contributed by atoms with Crippen molar-refractivity contribution in [3.05, 3.63) is 52.0 Å². The molecule has 3 rings (SSSR count). The highest BCUT2D eigenvalue weighted by atomic mass is 32.1. The summed E-state index contributed by atoms with van der Waals surface area (Å²) in [6.07, 6.45) is 3.15. The molecule has 2 saturated heterocycles. The minimum atomic E-state index is -1.15. The Labute approximate surface area is 241 Å². The Morgan fingerprint density at radius 3 is 2.83 bits per heavy atom. The van der Waals surface area contributed by atoms with Crippen molar-refractivity contribution in [3.63, 3.8) is 0 Å². The van der Waals surface area contributed by atoms with Crippen LogP contribution in [0, 0.1) is 5.39 Å². The number of esters is 1. The highest BCUT2D eigenvalue weighted by Crippen LogP contribution is 2.25. The van der Waals surface area contributed by atoms with Crippen molar-refractivity contribution in [2.45, 2.75) is 63.1 Å². The number of urea groups is 1. The van der Waals surface area contributed by atoms with E-state index in [1.54, 1.807) is 11.3 Å². The summed E-state index contributed by atoms with van der Waals surface area (Å²) in [7, 11) is 0. The predicted octanol–water partition coefficient (Wildman–Crippen LogP) is 1.73. The van der Waals surface area contributed by atoms with Gasteiger partial charge in [-0.05, 0) is 43.6 Å². The molecule has 0 aromatic carbocycles. The molecule has 0 bridgehead atoms. The third-order valence-electron chi connectivity index (χ3n) is 6.57. The number of carbonyl (C=O) groups is 5. The number of thiophene rings is 1. The van der Waals surface area contributed by atoms with Gasteiger partial charge in [0.2, 0.25) is 23.0 Å². The number of aliphatic hydroxyl groups excluding tert-OH is 1. The monoisotopic (exact) mass is 588 g/mol. The van der Waals surface area contributed by atoms with E-state index in [0.717, 1.165) is 9.89 Å². The van der Waals surface area contributed by atoms with Gasteiger partial charge in [-0.25, -0.2) is 9.80 Å². The number of hydrogen-bond acceptors (Lipinski definition) is 9. The van der Waals surface area contributed by atoms with E-state index in [2.05, 4.69) is 27.5 Å². The lowest BCUT2D eigenvalue weighted by Gasteiger charge is -2.43. The zero-order valence-electron chi connectivity index (χ0n) is 22.5. The Hall–Kier alpha value is -4.45. The average Bonchev–Trinajstić information content (AvgIpc) is 3.45. The molecule has 3 atom stereocenters. The van der Waals surface area contributed by atoms with Gasteiger partial charge in [0.25, 0.3) is 5.91 Å². The van der Waals surface area contributed by atoms with Crippen molar-refractivity contribution in [2.75, 3.05) is 19.7 Å². The Morgan fingerprint density at radius 2 is 2.12 bits per heavy atom. The van der Waals surface area contributed by atoms with Crippen LogP contribution >= 0.6 is 11.3 Å². The van der Waals surface area contributed by atoms with Crippen LogP contribution in [0.25, 0.3) is 4.98 Å². The van der Waals surface area contributed by atoms with Crippen molar-refractivity contribution in [3.8, 4) is 0 Å². The second-order valence-electron chi connectivity index (χ2n) is 9.42. The first-order valence-electron chi connectivity index (χ1n) is 13.2. The molecule has 14 nitrogen and oxygen atoms in total. The fourth-order valence-corrected chi connectivity index (χ4v) is 5.28. The summed E-state index contributed by atoms with van der Waals surface area (Å²) < 4.78 is 4.92. The van der Waals surface area contributed by atoms with Crippen LogP contribution in [-0.4, -0.2) is 82.7 Å². The summed E-state index contributed by atoms with van der Waals surface area (Å²) in [5, 5.41) is 31.3. The number of hydrazine groups is 1. The maximum atomic E-state index is 13.6. The molecule has 5 amide bonds. The van der Waals surface area contributed by atoms with Gasteiger partial charge in [-0.15, -0.1) is 11.3 Å². The molecular weight excluding hydrogens is 554 g/mol. The van der Waals surface area contributed by atoms with E-state index in [4.69, 9.17) is 10.1 Å². The molecule has 41 heavy (non-hydrogen) atoms. The molecule has 220 valence electrons. The van der Waals surface area contributed by atoms with Gasteiger partial charge in [0.15, 0.2) is 4.98 Å². The van der Waals surface area contributed by atoms with Crippen molar-refractivity contribution in [1.82, 2.24) is 26.0 Å². The van der Waals surface area contributed by atoms with Gasteiger partial charge in [0.05, 0.1) is 6.04 Å². The van der Waals surface area contributed by atoms with Gasteiger partial charge >= 0.3 is 18.2 Å². The second-order valence-corrected chi connectivity index (χ2v) is 10.5. The van der Waals surface area contributed by atoms with E-state index < -0.39 is 47.7 Å². The SMILES string of the molecule is C=CCOC(=O)CC[C@H](NC(=O)[C@@H]1CCCN2C(=O)CC[C@H](NC(=O)NCCc3cccs3)C(=O)N12)/C(O)=C/[N+]#N. The lowest BCUT2D eigenvalue weighted by molar-refractivity contribution is -0.176. The molecule has 0 spiro atoms. The number of rotatable bonds is 12. The molecule has 2 fully saturated rings. The minimum Gasteiger partial charge on any atom is -0.504 e. The molecule has 3 heterocycles. The van der Waals surface area contributed by atoms with Crippen molar-refractivity contribution in [1.29, 1.82) is 5.39 Å². The Balaban J connectivity index is 1.70. The lowest BCUT2D eigenvalue weighted by atomic mass is 10.0. The summed E-state index contributed by atoms with van der Waals surface area (Å²) in [4.78, 5) is 68.3. The van der Waals surface area contributed by atoms with E-state index in [1.807, 2.05) is 17.5 Å².